The maximum absolute atomic E-state index is 11.2. The van der Waals surface area contributed by atoms with Crippen LogP contribution in [-0.2, 0) is 6.54 Å². The number of carbonyl (C=O) groups is 1. The van der Waals surface area contributed by atoms with Crippen molar-refractivity contribution in [3.63, 3.8) is 0 Å². The summed E-state index contributed by atoms with van der Waals surface area (Å²) in [6, 6.07) is 14.5. The first-order chi connectivity index (χ1) is 11.1. The molecule has 23 heavy (non-hydrogen) atoms. The lowest BCUT2D eigenvalue weighted by atomic mass is 10.1. The van der Waals surface area contributed by atoms with E-state index in [9.17, 15) is 4.79 Å². The van der Waals surface area contributed by atoms with E-state index in [0.29, 0.717) is 28.8 Å². The van der Waals surface area contributed by atoms with Crippen molar-refractivity contribution in [1.29, 1.82) is 0 Å². The molecule has 2 aromatic carbocycles. The summed E-state index contributed by atoms with van der Waals surface area (Å²) in [5.41, 5.74) is 2.35. The van der Waals surface area contributed by atoms with Gasteiger partial charge >= 0.3 is 0 Å². The average molecular weight is 328 g/mol. The van der Waals surface area contributed by atoms with Gasteiger partial charge in [-0.05, 0) is 43.3 Å². The minimum absolute atomic E-state index is 0.0413. The number of Topliss-reactive ketones (excluding diaryl/α,β-unsaturated/α-hetero) is 1. The van der Waals surface area contributed by atoms with Crippen LogP contribution >= 0.6 is 11.6 Å². The van der Waals surface area contributed by atoms with E-state index in [2.05, 4.69) is 15.5 Å². The zero-order valence-corrected chi connectivity index (χ0v) is 13.2. The average Bonchev–Trinajstić information content (AvgIpc) is 3.02. The molecule has 1 N–H and O–H groups in total. The van der Waals surface area contributed by atoms with Gasteiger partial charge < -0.3 is 9.84 Å². The number of aromatic nitrogens is 2. The second-order valence-electron chi connectivity index (χ2n) is 5.01. The van der Waals surface area contributed by atoms with Gasteiger partial charge in [0.15, 0.2) is 5.78 Å². The van der Waals surface area contributed by atoms with E-state index in [1.165, 1.54) is 6.92 Å². The lowest BCUT2D eigenvalue weighted by Crippen LogP contribution is -2.00. The number of hydrogen-bond donors (Lipinski definition) is 1. The minimum atomic E-state index is 0.0413. The van der Waals surface area contributed by atoms with Crippen molar-refractivity contribution < 1.29 is 9.32 Å². The molecular formula is C17H14ClN3O2. The summed E-state index contributed by atoms with van der Waals surface area (Å²) in [6.07, 6.45) is 0. The fourth-order valence-electron chi connectivity index (χ4n) is 2.07. The number of rotatable bonds is 5. The third-order valence-corrected chi connectivity index (χ3v) is 3.52. The van der Waals surface area contributed by atoms with E-state index >= 15 is 0 Å². The van der Waals surface area contributed by atoms with Crippen LogP contribution in [-0.4, -0.2) is 15.9 Å². The molecule has 0 unspecified atom stereocenters. The molecule has 0 atom stereocenters. The lowest BCUT2D eigenvalue weighted by molar-refractivity contribution is 0.101. The van der Waals surface area contributed by atoms with Crippen LogP contribution in [0.2, 0.25) is 5.02 Å². The first-order valence-corrected chi connectivity index (χ1v) is 7.43. The molecule has 0 aliphatic heterocycles. The second kappa shape index (κ2) is 6.62. The first-order valence-electron chi connectivity index (χ1n) is 7.05. The number of nitrogens with zero attached hydrogens (tertiary/aromatic N) is 2. The number of nitrogens with one attached hydrogen (secondary N) is 1. The largest absolute Gasteiger partial charge is 0.376 e. The molecule has 0 spiro atoms. The summed E-state index contributed by atoms with van der Waals surface area (Å²) in [6.45, 7) is 1.94. The summed E-state index contributed by atoms with van der Waals surface area (Å²) < 4.78 is 5.22. The topological polar surface area (TPSA) is 68.0 Å². The van der Waals surface area contributed by atoms with Gasteiger partial charge in [-0.1, -0.05) is 28.9 Å². The van der Waals surface area contributed by atoms with Crippen LogP contribution in [0.3, 0.4) is 0 Å². The molecule has 6 heteroatoms. The Balaban J connectivity index is 1.66. The van der Waals surface area contributed by atoms with Crippen molar-refractivity contribution in [2.24, 2.45) is 0 Å². The summed E-state index contributed by atoms with van der Waals surface area (Å²) in [5, 5.41) is 7.74. The monoisotopic (exact) mass is 327 g/mol. The van der Waals surface area contributed by atoms with E-state index in [1.807, 2.05) is 24.3 Å². The number of carbonyl (C=O) groups excluding carboxylic acids is 1. The lowest BCUT2D eigenvalue weighted by Gasteiger charge is -2.03. The van der Waals surface area contributed by atoms with Gasteiger partial charge in [-0.15, -0.1) is 0 Å². The van der Waals surface area contributed by atoms with Crippen LogP contribution in [0.15, 0.2) is 53.1 Å². The van der Waals surface area contributed by atoms with Crippen molar-refractivity contribution in [2.75, 3.05) is 5.32 Å². The van der Waals surface area contributed by atoms with E-state index < -0.39 is 0 Å². The van der Waals surface area contributed by atoms with Crippen molar-refractivity contribution in [1.82, 2.24) is 10.1 Å². The Morgan fingerprint density at radius 1 is 1.22 bits per heavy atom. The fraction of sp³-hybridized carbons (Fsp3) is 0.118. The molecule has 5 nitrogen and oxygen atoms in total. The van der Waals surface area contributed by atoms with Crippen molar-refractivity contribution in [3.8, 4) is 11.4 Å². The van der Waals surface area contributed by atoms with Gasteiger partial charge in [-0.25, -0.2) is 0 Å². The third kappa shape index (κ3) is 3.76. The second-order valence-corrected chi connectivity index (χ2v) is 5.45. The smallest absolute Gasteiger partial charge is 0.246 e. The number of hydrogen-bond acceptors (Lipinski definition) is 5. The van der Waals surface area contributed by atoms with E-state index in [0.717, 1.165) is 11.3 Å². The van der Waals surface area contributed by atoms with Crippen LogP contribution in [0.1, 0.15) is 23.2 Å². The Morgan fingerprint density at radius 3 is 2.70 bits per heavy atom. The minimum Gasteiger partial charge on any atom is -0.376 e. The molecule has 0 fully saturated rings. The normalized spacial score (nSPS) is 10.5. The van der Waals surface area contributed by atoms with Gasteiger partial charge in [-0.2, -0.15) is 4.98 Å². The number of ketones is 1. The van der Waals surface area contributed by atoms with Crippen LogP contribution in [0.4, 0.5) is 5.69 Å². The summed E-state index contributed by atoms with van der Waals surface area (Å²) in [4.78, 5) is 15.6. The van der Waals surface area contributed by atoms with Gasteiger partial charge in [0.05, 0.1) is 6.54 Å². The molecule has 0 aliphatic rings. The Labute approximate surface area is 138 Å². The molecule has 3 aromatic rings. The van der Waals surface area contributed by atoms with Crippen molar-refractivity contribution in [3.05, 3.63) is 65.0 Å². The standard InChI is InChI=1S/C17H14ClN3O2/c1-11(22)12-5-7-15(8-6-12)19-10-16-20-17(21-23-16)13-3-2-4-14(18)9-13/h2-9,19H,10H2,1H3. The quantitative estimate of drug-likeness (QED) is 0.711. The summed E-state index contributed by atoms with van der Waals surface area (Å²) in [5.74, 6) is 1.01. The number of anilines is 1. The van der Waals surface area contributed by atoms with Crippen LogP contribution in [0.5, 0.6) is 0 Å². The molecule has 3 rings (SSSR count). The molecule has 116 valence electrons. The molecular weight excluding hydrogens is 314 g/mol. The highest BCUT2D eigenvalue weighted by molar-refractivity contribution is 6.30. The zero-order valence-electron chi connectivity index (χ0n) is 12.4. The molecule has 0 bridgehead atoms. The third-order valence-electron chi connectivity index (χ3n) is 3.29. The molecule has 0 saturated heterocycles. The molecule has 0 amide bonds. The molecule has 1 heterocycles. The fourth-order valence-corrected chi connectivity index (χ4v) is 2.26. The highest BCUT2D eigenvalue weighted by Gasteiger charge is 2.09. The zero-order chi connectivity index (χ0) is 16.2. The predicted octanol–water partition coefficient (Wildman–Crippen LogP) is 4.20. The Bertz CT molecular complexity index is 828. The number of benzene rings is 2. The molecule has 0 saturated carbocycles. The highest BCUT2D eigenvalue weighted by Crippen LogP contribution is 2.20. The predicted molar refractivity (Wildman–Crippen MR) is 88.5 cm³/mol. The van der Waals surface area contributed by atoms with Gasteiger partial charge in [0, 0.05) is 21.8 Å². The summed E-state index contributed by atoms with van der Waals surface area (Å²) in [7, 11) is 0. The molecule has 0 radical (unpaired) electrons. The van der Waals surface area contributed by atoms with Gasteiger partial charge in [0.25, 0.3) is 0 Å². The Morgan fingerprint density at radius 2 is 2.00 bits per heavy atom. The Kier molecular flexibility index (Phi) is 4.39. The van der Waals surface area contributed by atoms with Crippen LogP contribution < -0.4 is 5.32 Å². The van der Waals surface area contributed by atoms with Crippen molar-refractivity contribution in [2.45, 2.75) is 13.5 Å². The van der Waals surface area contributed by atoms with Crippen LogP contribution in [0, 0.1) is 0 Å². The SMILES string of the molecule is CC(=O)c1ccc(NCc2nc(-c3cccc(Cl)c3)no2)cc1. The number of halogens is 1. The van der Waals surface area contributed by atoms with Gasteiger partial charge in [0.2, 0.25) is 11.7 Å². The van der Waals surface area contributed by atoms with E-state index in [4.69, 9.17) is 16.1 Å². The van der Waals surface area contributed by atoms with Crippen molar-refractivity contribution >= 4 is 23.1 Å². The maximum Gasteiger partial charge on any atom is 0.246 e. The summed E-state index contributed by atoms with van der Waals surface area (Å²) >= 11 is 5.96. The molecule has 0 aliphatic carbocycles. The van der Waals surface area contributed by atoms with Gasteiger partial charge in [-0.3, -0.25) is 4.79 Å². The Hall–Kier alpha value is -2.66. The van der Waals surface area contributed by atoms with E-state index in [-0.39, 0.29) is 5.78 Å². The maximum atomic E-state index is 11.2. The molecule has 1 aromatic heterocycles. The van der Waals surface area contributed by atoms with Gasteiger partial charge in [0.1, 0.15) is 0 Å². The van der Waals surface area contributed by atoms with E-state index in [1.54, 1.807) is 24.3 Å². The van der Waals surface area contributed by atoms with Crippen LogP contribution in [0.25, 0.3) is 11.4 Å². The highest BCUT2D eigenvalue weighted by atomic mass is 35.5. The first kappa shape index (κ1) is 15.2.